The number of hydrogen-bond donors (Lipinski definition) is 0. The summed E-state index contributed by atoms with van der Waals surface area (Å²) in [4.78, 5) is 41.5. The molecule has 1 saturated heterocycles. The fourth-order valence-electron chi connectivity index (χ4n) is 5.07. The Hall–Kier alpha value is -2.74. The van der Waals surface area contributed by atoms with E-state index in [1.54, 1.807) is 17.0 Å². The number of halogens is 1. The zero-order valence-corrected chi connectivity index (χ0v) is 20.4. The van der Waals surface area contributed by atoms with Crippen LogP contribution in [0.15, 0.2) is 36.4 Å². The maximum atomic E-state index is 13.1. The van der Waals surface area contributed by atoms with E-state index < -0.39 is 6.04 Å². The van der Waals surface area contributed by atoms with Gasteiger partial charge < -0.3 is 14.4 Å². The van der Waals surface area contributed by atoms with Crippen LogP contribution >= 0.6 is 11.6 Å². The molecule has 8 heteroatoms. The van der Waals surface area contributed by atoms with Crippen molar-refractivity contribution >= 4 is 29.1 Å². The van der Waals surface area contributed by atoms with Gasteiger partial charge in [0, 0.05) is 42.2 Å². The summed E-state index contributed by atoms with van der Waals surface area (Å²) in [6, 6.07) is 10.9. The number of ether oxygens (including phenoxy) is 2. The van der Waals surface area contributed by atoms with Gasteiger partial charge in [-0.05, 0) is 42.2 Å². The minimum absolute atomic E-state index is 0.0414. The standard InChI is InChI=1S/C27H29ClN2O5/c28-23-13-18(7-8-19(23)15-29-9-11-34-12-10-29)17-35-26-6-2-4-21-22(26)16-30(27(21)33)24-5-1-3-20(31)14-25(24)32/h2,4,6-8,13,24H,1,3,5,9-12,14-17H2/t24-/m0/s1. The number of carbonyl (C=O) groups excluding carboxylic acids is 3. The average Bonchev–Trinajstić information content (AvgIpc) is 3.09. The Balaban J connectivity index is 1.26. The number of fused-ring (bicyclic) bond motifs is 1. The number of benzene rings is 2. The molecule has 35 heavy (non-hydrogen) atoms. The fourth-order valence-corrected chi connectivity index (χ4v) is 5.33. The van der Waals surface area contributed by atoms with Crippen LogP contribution in [0.3, 0.4) is 0 Å². The predicted octanol–water partition coefficient (Wildman–Crippen LogP) is 3.79. The lowest BCUT2D eigenvalue weighted by molar-refractivity contribution is -0.128. The summed E-state index contributed by atoms with van der Waals surface area (Å²) < 4.78 is 11.5. The van der Waals surface area contributed by atoms with E-state index in [0.29, 0.717) is 48.7 Å². The molecule has 7 nitrogen and oxygen atoms in total. The van der Waals surface area contributed by atoms with Gasteiger partial charge in [-0.2, -0.15) is 0 Å². The lowest BCUT2D eigenvalue weighted by Gasteiger charge is -2.27. The molecule has 2 aromatic rings. The summed E-state index contributed by atoms with van der Waals surface area (Å²) in [5.74, 6) is 0.251. The van der Waals surface area contributed by atoms with Crippen LogP contribution in [0.5, 0.6) is 5.75 Å². The van der Waals surface area contributed by atoms with E-state index in [0.717, 1.165) is 49.5 Å². The highest BCUT2D eigenvalue weighted by Gasteiger charge is 2.38. The van der Waals surface area contributed by atoms with Crippen LogP contribution in [0.2, 0.25) is 5.02 Å². The van der Waals surface area contributed by atoms with Gasteiger partial charge in [0.2, 0.25) is 0 Å². The van der Waals surface area contributed by atoms with Crippen molar-refractivity contribution in [3.8, 4) is 5.75 Å². The van der Waals surface area contributed by atoms with E-state index in [4.69, 9.17) is 21.1 Å². The third-order valence-corrected chi connectivity index (χ3v) is 7.37. The Bertz CT molecular complexity index is 1140. The van der Waals surface area contributed by atoms with Gasteiger partial charge >= 0.3 is 0 Å². The molecule has 0 radical (unpaired) electrons. The summed E-state index contributed by atoms with van der Waals surface area (Å²) in [6.07, 6.45) is 1.46. The zero-order valence-electron chi connectivity index (χ0n) is 19.6. The van der Waals surface area contributed by atoms with E-state index in [9.17, 15) is 14.4 Å². The van der Waals surface area contributed by atoms with Gasteiger partial charge in [-0.15, -0.1) is 0 Å². The van der Waals surface area contributed by atoms with Crippen LogP contribution in [0, 0.1) is 0 Å². The molecule has 0 aromatic heterocycles. The maximum absolute atomic E-state index is 13.1. The van der Waals surface area contributed by atoms with Crippen molar-refractivity contribution in [3.05, 3.63) is 63.7 Å². The van der Waals surface area contributed by atoms with Gasteiger partial charge in [-0.1, -0.05) is 29.8 Å². The summed E-state index contributed by atoms with van der Waals surface area (Å²) in [6.45, 7) is 4.72. The van der Waals surface area contributed by atoms with Gasteiger partial charge in [-0.3, -0.25) is 19.3 Å². The lowest BCUT2D eigenvalue weighted by atomic mass is 10.1. The number of carbonyl (C=O) groups is 3. The molecule has 1 saturated carbocycles. The fraction of sp³-hybridized carbons (Fsp3) is 0.444. The van der Waals surface area contributed by atoms with E-state index >= 15 is 0 Å². The first-order chi connectivity index (χ1) is 17.0. The number of hydrogen-bond acceptors (Lipinski definition) is 6. The molecule has 0 bridgehead atoms. The maximum Gasteiger partial charge on any atom is 0.255 e. The van der Waals surface area contributed by atoms with Crippen molar-refractivity contribution in [2.45, 2.75) is 51.4 Å². The Morgan fingerprint density at radius 1 is 1.09 bits per heavy atom. The van der Waals surface area contributed by atoms with E-state index in [2.05, 4.69) is 4.90 Å². The molecule has 184 valence electrons. The highest BCUT2D eigenvalue weighted by molar-refractivity contribution is 6.31. The zero-order chi connectivity index (χ0) is 24.4. The summed E-state index contributed by atoms with van der Waals surface area (Å²) in [5.41, 5.74) is 3.36. The van der Waals surface area contributed by atoms with Crippen LogP contribution in [0.4, 0.5) is 0 Å². The first-order valence-electron chi connectivity index (χ1n) is 12.2. The Labute approximate surface area is 209 Å². The summed E-state index contributed by atoms with van der Waals surface area (Å²) >= 11 is 6.56. The number of rotatable bonds is 6. The normalized spacial score (nSPS) is 21.2. The smallest absolute Gasteiger partial charge is 0.255 e. The molecule has 5 rings (SSSR count). The number of morpholine rings is 1. The van der Waals surface area contributed by atoms with E-state index in [1.807, 2.05) is 24.3 Å². The van der Waals surface area contributed by atoms with Gasteiger partial charge in [-0.25, -0.2) is 0 Å². The van der Waals surface area contributed by atoms with Crippen molar-refractivity contribution in [3.63, 3.8) is 0 Å². The molecule has 0 N–H and O–H groups in total. The van der Waals surface area contributed by atoms with Crippen LogP contribution in [-0.4, -0.2) is 59.6 Å². The topological polar surface area (TPSA) is 76.2 Å². The highest BCUT2D eigenvalue weighted by atomic mass is 35.5. The number of nitrogens with zero attached hydrogens (tertiary/aromatic N) is 2. The molecule has 2 heterocycles. The predicted molar refractivity (Wildman–Crippen MR) is 130 cm³/mol. The molecule has 1 amide bonds. The molecular formula is C27H29ClN2O5. The summed E-state index contributed by atoms with van der Waals surface area (Å²) in [5, 5.41) is 0.707. The Kier molecular flexibility index (Phi) is 7.18. The number of amides is 1. The molecule has 2 fully saturated rings. The number of Topliss-reactive ketones (excluding diaryl/α,β-unsaturated/α-hetero) is 2. The second kappa shape index (κ2) is 10.5. The Morgan fingerprint density at radius 2 is 1.91 bits per heavy atom. The Morgan fingerprint density at radius 3 is 2.71 bits per heavy atom. The quantitative estimate of drug-likeness (QED) is 0.447. The van der Waals surface area contributed by atoms with Gasteiger partial charge in [0.25, 0.3) is 5.91 Å². The van der Waals surface area contributed by atoms with Crippen molar-refractivity contribution in [1.82, 2.24) is 9.80 Å². The third-order valence-electron chi connectivity index (χ3n) is 7.01. The SMILES string of the molecule is O=C1CCC[C@H](N2Cc3c(OCc4ccc(CN5CCOCC5)c(Cl)c4)cccc3C2=O)C(=O)C1. The molecular weight excluding hydrogens is 468 g/mol. The largest absolute Gasteiger partial charge is 0.489 e. The van der Waals surface area contributed by atoms with E-state index in [-0.39, 0.29) is 23.9 Å². The minimum atomic E-state index is -0.549. The second-order valence-corrected chi connectivity index (χ2v) is 9.82. The third kappa shape index (κ3) is 5.27. The minimum Gasteiger partial charge on any atom is -0.489 e. The first kappa shape index (κ1) is 24.0. The average molecular weight is 497 g/mol. The highest BCUT2D eigenvalue weighted by Crippen LogP contribution is 2.34. The molecule has 2 aliphatic heterocycles. The van der Waals surface area contributed by atoms with Gasteiger partial charge in [0.1, 0.15) is 18.1 Å². The van der Waals surface area contributed by atoms with Gasteiger partial charge in [0.15, 0.2) is 5.78 Å². The molecule has 2 aromatic carbocycles. The lowest BCUT2D eigenvalue weighted by Crippen LogP contribution is -2.41. The van der Waals surface area contributed by atoms with Crippen LogP contribution in [0.1, 0.15) is 52.7 Å². The van der Waals surface area contributed by atoms with Crippen molar-refractivity contribution in [1.29, 1.82) is 0 Å². The van der Waals surface area contributed by atoms with Crippen LogP contribution in [-0.2, 0) is 34.0 Å². The molecule has 1 aliphatic carbocycles. The van der Waals surface area contributed by atoms with E-state index in [1.165, 1.54) is 0 Å². The van der Waals surface area contributed by atoms with Gasteiger partial charge in [0.05, 0.1) is 32.2 Å². The molecule has 0 unspecified atom stereocenters. The molecule has 3 aliphatic rings. The van der Waals surface area contributed by atoms with Crippen LogP contribution < -0.4 is 4.74 Å². The first-order valence-corrected chi connectivity index (χ1v) is 12.5. The van der Waals surface area contributed by atoms with Crippen molar-refractivity contribution in [2.24, 2.45) is 0 Å². The summed E-state index contributed by atoms with van der Waals surface area (Å²) in [7, 11) is 0. The monoisotopic (exact) mass is 496 g/mol. The second-order valence-electron chi connectivity index (χ2n) is 9.41. The van der Waals surface area contributed by atoms with Crippen molar-refractivity contribution < 1.29 is 23.9 Å². The molecule has 0 spiro atoms. The number of ketones is 2. The molecule has 1 atom stereocenters. The van der Waals surface area contributed by atoms with Crippen molar-refractivity contribution in [2.75, 3.05) is 26.3 Å². The van der Waals surface area contributed by atoms with Crippen LogP contribution in [0.25, 0.3) is 0 Å².